The van der Waals surface area contributed by atoms with Crippen LogP contribution in [0.15, 0.2) is 62.9 Å². The Morgan fingerprint density at radius 1 is 1.17 bits per heavy atom. The Bertz CT molecular complexity index is 934. The molecule has 0 bridgehead atoms. The maximum Gasteiger partial charge on any atom is 0.290 e. The summed E-state index contributed by atoms with van der Waals surface area (Å²) in [5.74, 6) is -1.45. The fourth-order valence-electron chi connectivity index (χ4n) is 3.75. The summed E-state index contributed by atoms with van der Waals surface area (Å²) in [6, 6.07) is 9.86. The van der Waals surface area contributed by atoms with E-state index in [0.29, 0.717) is 26.3 Å². The molecule has 1 N–H and O–H groups in total. The Balaban J connectivity index is 1.67. The van der Waals surface area contributed by atoms with Crippen LogP contribution in [0.2, 0.25) is 0 Å². The lowest BCUT2D eigenvalue weighted by molar-refractivity contribution is -0.129. The summed E-state index contributed by atoms with van der Waals surface area (Å²) in [7, 11) is 0. The van der Waals surface area contributed by atoms with Gasteiger partial charge in [0.25, 0.3) is 5.91 Å². The normalized spacial score (nSPS) is 20.5. The number of rotatable bonds is 6. The summed E-state index contributed by atoms with van der Waals surface area (Å²) in [6.07, 6.45) is 1.39. The lowest BCUT2D eigenvalue weighted by Crippen LogP contribution is -2.43. The third-order valence-corrected chi connectivity index (χ3v) is 5.71. The van der Waals surface area contributed by atoms with Crippen LogP contribution in [-0.4, -0.2) is 66.0 Å². The molecular formula is C21H21BrN2O5. The van der Waals surface area contributed by atoms with Gasteiger partial charge in [-0.05, 0) is 29.8 Å². The Labute approximate surface area is 176 Å². The Morgan fingerprint density at radius 2 is 1.97 bits per heavy atom. The molecule has 0 spiro atoms. The van der Waals surface area contributed by atoms with Gasteiger partial charge in [-0.15, -0.1) is 0 Å². The van der Waals surface area contributed by atoms with Crippen molar-refractivity contribution in [3.05, 3.63) is 69.8 Å². The average molecular weight is 461 g/mol. The van der Waals surface area contributed by atoms with Gasteiger partial charge in [-0.25, -0.2) is 0 Å². The molecule has 1 aromatic heterocycles. The van der Waals surface area contributed by atoms with Crippen LogP contribution in [0, 0.1) is 0 Å². The maximum atomic E-state index is 13.1. The van der Waals surface area contributed by atoms with E-state index in [1.165, 1.54) is 12.3 Å². The van der Waals surface area contributed by atoms with E-state index < -0.39 is 23.5 Å². The highest BCUT2D eigenvalue weighted by Crippen LogP contribution is 2.39. The van der Waals surface area contributed by atoms with Gasteiger partial charge < -0.3 is 19.2 Å². The highest BCUT2D eigenvalue weighted by Gasteiger charge is 2.44. The minimum absolute atomic E-state index is 0.0463. The maximum absolute atomic E-state index is 13.1. The topological polar surface area (TPSA) is 83.2 Å². The second-order valence-corrected chi connectivity index (χ2v) is 7.89. The van der Waals surface area contributed by atoms with Gasteiger partial charge in [0.15, 0.2) is 11.5 Å². The second-order valence-electron chi connectivity index (χ2n) is 6.98. The molecule has 1 fully saturated rings. The predicted octanol–water partition coefficient (Wildman–Crippen LogP) is 2.95. The van der Waals surface area contributed by atoms with Gasteiger partial charge in [0, 0.05) is 30.7 Å². The fourth-order valence-corrected chi connectivity index (χ4v) is 4.17. The van der Waals surface area contributed by atoms with Crippen LogP contribution in [0.4, 0.5) is 0 Å². The van der Waals surface area contributed by atoms with Gasteiger partial charge in [0.2, 0.25) is 5.78 Å². The zero-order valence-electron chi connectivity index (χ0n) is 15.7. The Hall–Kier alpha value is -2.42. The van der Waals surface area contributed by atoms with Crippen molar-refractivity contribution in [3.8, 4) is 0 Å². The molecule has 2 aromatic rings. The molecule has 4 rings (SSSR count). The second kappa shape index (κ2) is 8.52. The Kier molecular flexibility index (Phi) is 5.84. The van der Waals surface area contributed by atoms with E-state index in [9.17, 15) is 14.7 Å². The van der Waals surface area contributed by atoms with Crippen molar-refractivity contribution in [3.63, 3.8) is 0 Å². The summed E-state index contributed by atoms with van der Waals surface area (Å²) >= 11 is 3.45. The van der Waals surface area contributed by atoms with Crippen molar-refractivity contribution in [2.75, 3.05) is 39.4 Å². The van der Waals surface area contributed by atoms with E-state index in [1.54, 1.807) is 11.0 Å². The number of halogens is 1. The van der Waals surface area contributed by atoms with Crippen molar-refractivity contribution in [2.24, 2.45) is 0 Å². The molecule has 29 heavy (non-hydrogen) atoms. The third kappa shape index (κ3) is 4.01. The van der Waals surface area contributed by atoms with Crippen molar-refractivity contribution in [1.29, 1.82) is 0 Å². The smallest absolute Gasteiger partial charge is 0.290 e. The molecule has 152 valence electrons. The molecular weight excluding hydrogens is 440 g/mol. The van der Waals surface area contributed by atoms with Gasteiger partial charge >= 0.3 is 0 Å². The largest absolute Gasteiger partial charge is 0.503 e. The highest BCUT2D eigenvalue weighted by molar-refractivity contribution is 9.10. The number of aliphatic hydroxyl groups is 1. The van der Waals surface area contributed by atoms with Gasteiger partial charge in [-0.2, -0.15) is 0 Å². The molecule has 1 amide bonds. The summed E-state index contributed by atoms with van der Waals surface area (Å²) in [4.78, 5) is 29.7. The van der Waals surface area contributed by atoms with Crippen LogP contribution in [-0.2, 0) is 9.53 Å². The summed E-state index contributed by atoms with van der Waals surface area (Å²) in [5, 5.41) is 10.6. The van der Waals surface area contributed by atoms with Gasteiger partial charge in [-0.3, -0.25) is 14.5 Å². The van der Waals surface area contributed by atoms with Crippen molar-refractivity contribution in [1.82, 2.24) is 9.80 Å². The van der Waals surface area contributed by atoms with Crippen LogP contribution in [0.1, 0.15) is 22.2 Å². The van der Waals surface area contributed by atoms with E-state index >= 15 is 0 Å². The molecule has 8 heteroatoms. The van der Waals surface area contributed by atoms with Crippen LogP contribution in [0.3, 0.4) is 0 Å². The molecule has 0 radical (unpaired) electrons. The summed E-state index contributed by atoms with van der Waals surface area (Å²) in [5.41, 5.74) is 0.790. The SMILES string of the molecule is O=C(C1=C(O)C(=O)N(CCN2CCOCC2)[C@@H]1c1cccc(Br)c1)c1ccco1. The van der Waals surface area contributed by atoms with Gasteiger partial charge in [0.1, 0.15) is 0 Å². The first-order valence-corrected chi connectivity index (χ1v) is 10.2. The number of hydrogen-bond donors (Lipinski definition) is 1. The van der Waals surface area contributed by atoms with Crippen molar-refractivity contribution in [2.45, 2.75) is 6.04 Å². The van der Waals surface area contributed by atoms with Crippen molar-refractivity contribution >= 4 is 27.6 Å². The molecule has 2 aliphatic heterocycles. The number of nitrogens with zero attached hydrogens (tertiary/aromatic N) is 2. The first kappa shape index (κ1) is 19.9. The first-order valence-electron chi connectivity index (χ1n) is 9.44. The molecule has 1 saturated heterocycles. The van der Waals surface area contributed by atoms with Crippen molar-refractivity contribution < 1.29 is 23.8 Å². The number of hydrogen-bond acceptors (Lipinski definition) is 6. The first-order chi connectivity index (χ1) is 14.1. The number of furan rings is 1. The van der Waals surface area contributed by atoms with E-state index in [2.05, 4.69) is 20.8 Å². The standard InChI is InChI=1S/C21H21BrN2O5/c22-15-4-1-3-14(13-15)18-17(19(25)16-5-2-10-29-16)20(26)21(27)24(18)7-6-23-8-11-28-12-9-23/h1-5,10,13,18,26H,6-9,11-12H2/t18-/m1/s1. The highest BCUT2D eigenvalue weighted by atomic mass is 79.9. The van der Waals surface area contributed by atoms with Gasteiger partial charge in [0.05, 0.1) is 31.1 Å². The number of aliphatic hydroxyl groups excluding tert-OH is 1. The number of carbonyl (C=O) groups is 2. The molecule has 7 nitrogen and oxygen atoms in total. The van der Waals surface area contributed by atoms with Crippen LogP contribution in [0.5, 0.6) is 0 Å². The fraction of sp³-hybridized carbons (Fsp3) is 0.333. The number of Topliss-reactive ketones (excluding diaryl/α,β-unsaturated/α-hetero) is 1. The van der Waals surface area contributed by atoms with Gasteiger partial charge in [-0.1, -0.05) is 28.1 Å². The molecule has 0 aliphatic carbocycles. The third-order valence-electron chi connectivity index (χ3n) is 5.22. The Morgan fingerprint density at radius 3 is 2.66 bits per heavy atom. The average Bonchev–Trinajstić information content (AvgIpc) is 3.35. The molecule has 2 aliphatic rings. The minimum Gasteiger partial charge on any atom is -0.503 e. The van der Waals surface area contributed by atoms with E-state index in [-0.39, 0.29) is 11.3 Å². The number of ketones is 1. The van der Waals surface area contributed by atoms with Crippen LogP contribution >= 0.6 is 15.9 Å². The summed E-state index contributed by atoms with van der Waals surface area (Å²) < 4.78 is 11.4. The zero-order chi connectivity index (χ0) is 20.4. The zero-order valence-corrected chi connectivity index (χ0v) is 17.3. The molecule has 0 unspecified atom stereocenters. The molecule has 0 saturated carbocycles. The number of carbonyl (C=O) groups excluding carboxylic acids is 2. The number of benzene rings is 1. The minimum atomic E-state index is -0.682. The molecule has 1 atom stereocenters. The number of ether oxygens (including phenoxy) is 1. The number of amides is 1. The molecule has 1 aromatic carbocycles. The van der Waals surface area contributed by atoms with E-state index in [1.807, 2.05) is 24.3 Å². The molecule has 3 heterocycles. The van der Waals surface area contributed by atoms with E-state index in [4.69, 9.17) is 9.15 Å². The summed E-state index contributed by atoms with van der Waals surface area (Å²) in [6.45, 7) is 3.93. The quantitative estimate of drug-likeness (QED) is 0.667. The number of morpholine rings is 1. The predicted molar refractivity (Wildman–Crippen MR) is 109 cm³/mol. The van der Waals surface area contributed by atoms with E-state index in [0.717, 1.165) is 23.1 Å². The van der Waals surface area contributed by atoms with Crippen LogP contribution in [0.25, 0.3) is 0 Å². The lowest BCUT2D eigenvalue weighted by atomic mass is 9.95. The monoisotopic (exact) mass is 460 g/mol. The van der Waals surface area contributed by atoms with Crippen LogP contribution < -0.4 is 0 Å². The lowest BCUT2D eigenvalue weighted by Gasteiger charge is -2.31.